The zero-order valence-corrected chi connectivity index (χ0v) is 18.8. The third kappa shape index (κ3) is 5.24. The Bertz CT molecular complexity index is 1160. The molecule has 4 aromatic rings. The molecule has 0 amide bonds. The van der Waals surface area contributed by atoms with Gasteiger partial charge in [-0.25, -0.2) is 0 Å². The molecule has 0 N–H and O–H groups in total. The number of ether oxygens (including phenoxy) is 4. The molecule has 0 aliphatic rings. The van der Waals surface area contributed by atoms with Gasteiger partial charge in [0.25, 0.3) is 0 Å². The monoisotopic (exact) mass is 480 g/mol. The van der Waals surface area contributed by atoms with Gasteiger partial charge in [0.2, 0.25) is 5.88 Å². The molecule has 7 heteroatoms. The first kappa shape index (κ1) is 20.9. The molecule has 0 fully saturated rings. The molecule has 1 aromatic heterocycles. The van der Waals surface area contributed by atoms with Crippen LogP contribution in [-0.4, -0.2) is 24.2 Å². The Morgan fingerprint density at radius 3 is 1.87 bits per heavy atom. The van der Waals surface area contributed by atoms with E-state index in [4.69, 9.17) is 18.9 Å². The van der Waals surface area contributed by atoms with Gasteiger partial charge in [0.15, 0.2) is 0 Å². The lowest BCUT2D eigenvalue weighted by Crippen LogP contribution is -2.04. The van der Waals surface area contributed by atoms with Crippen LogP contribution in [0.15, 0.2) is 71.2 Å². The summed E-state index contributed by atoms with van der Waals surface area (Å²) in [6.45, 7) is 0.700. The summed E-state index contributed by atoms with van der Waals surface area (Å²) in [6, 6.07) is 21.4. The van der Waals surface area contributed by atoms with E-state index in [9.17, 15) is 0 Å². The van der Waals surface area contributed by atoms with Crippen LogP contribution in [0, 0.1) is 0 Å². The third-order valence-electron chi connectivity index (χ3n) is 4.67. The van der Waals surface area contributed by atoms with Gasteiger partial charge in [-0.1, -0.05) is 40.2 Å². The van der Waals surface area contributed by atoms with Crippen LogP contribution >= 0.6 is 15.9 Å². The average Bonchev–Trinajstić information content (AvgIpc) is 2.81. The maximum Gasteiger partial charge on any atom is 0.320 e. The fourth-order valence-electron chi connectivity index (χ4n) is 2.97. The smallest absolute Gasteiger partial charge is 0.320 e. The molecule has 0 spiro atoms. The molecule has 1 heterocycles. The van der Waals surface area contributed by atoms with Crippen molar-refractivity contribution in [2.24, 2.45) is 0 Å². The number of methoxy groups -OCH3 is 2. The summed E-state index contributed by atoms with van der Waals surface area (Å²) in [5, 5.41) is 0.813. The predicted molar refractivity (Wildman–Crippen MR) is 122 cm³/mol. The molecule has 0 atom stereocenters. The van der Waals surface area contributed by atoms with Gasteiger partial charge in [0, 0.05) is 4.47 Å². The third-order valence-corrected chi connectivity index (χ3v) is 5.16. The van der Waals surface area contributed by atoms with E-state index in [0.29, 0.717) is 19.1 Å². The summed E-state index contributed by atoms with van der Waals surface area (Å²) >= 11 is 3.49. The van der Waals surface area contributed by atoms with E-state index < -0.39 is 0 Å². The van der Waals surface area contributed by atoms with Gasteiger partial charge < -0.3 is 18.9 Å². The van der Waals surface area contributed by atoms with E-state index in [1.165, 1.54) is 0 Å². The highest BCUT2D eigenvalue weighted by Crippen LogP contribution is 2.28. The second-order valence-corrected chi connectivity index (χ2v) is 7.66. The fraction of sp³-hybridized carbons (Fsp3) is 0.167. The molecule has 0 aliphatic heterocycles. The SMILES string of the molecule is COc1ccc(COc2nc(OCc3ccc(OC)cc3)c3ccc(Br)cc3n2)cc1. The van der Waals surface area contributed by atoms with E-state index in [-0.39, 0.29) is 6.01 Å². The van der Waals surface area contributed by atoms with Gasteiger partial charge in [-0.3, -0.25) is 0 Å². The van der Waals surface area contributed by atoms with E-state index >= 15 is 0 Å². The van der Waals surface area contributed by atoms with Crippen LogP contribution in [0.4, 0.5) is 0 Å². The van der Waals surface area contributed by atoms with E-state index in [1.807, 2.05) is 66.7 Å². The van der Waals surface area contributed by atoms with Crippen LogP contribution < -0.4 is 18.9 Å². The number of hydrogen-bond acceptors (Lipinski definition) is 6. The second-order valence-electron chi connectivity index (χ2n) is 6.75. The van der Waals surface area contributed by atoms with E-state index in [2.05, 4.69) is 25.9 Å². The minimum absolute atomic E-state index is 0.256. The summed E-state index contributed by atoms with van der Waals surface area (Å²) in [7, 11) is 3.28. The molecule has 0 unspecified atom stereocenters. The highest BCUT2D eigenvalue weighted by molar-refractivity contribution is 9.10. The maximum atomic E-state index is 6.04. The van der Waals surface area contributed by atoms with Crippen LogP contribution in [0.2, 0.25) is 0 Å². The largest absolute Gasteiger partial charge is 0.497 e. The Morgan fingerprint density at radius 1 is 0.710 bits per heavy atom. The molecule has 3 aromatic carbocycles. The van der Waals surface area contributed by atoms with Crippen LogP contribution in [0.1, 0.15) is 11.1 Å². The van der Waals surface area contributed by atoms with Crippen LogP contribution in [0.3, 0.4) is 0 Å². The van der Waals surface area contributed by atoms with Gasteiger partial charge in [-0.05, 0) is 53.6 Å². The van der Waals surface area contributed by atoms with Gasteiger partial charge in [-0.2, -0.15) is 9.97 Å². The van der Waals surface area contributed by atoms with Crippen molar-refractivity contribution in [1.29, 1.82) is 0 Å². The summed E-state index contributed by atoms with van der Waals surface area (Å²) in [5.41, 5.74) is 2.73. The van der Waals surface area contributed by atoms with Crippen molar-refractivity contribution >= 4 is 26.8 Å². The molecule has 0 bridgehead atoms. The Morgan fingerprint density at radius 2 is 1.29 bits per heavy atom. The number of benzene rings is 3. The normalized spacial score (nSPS) is 10.7. The Balaban J connectivity index is 1.55. The van der Waals surface area contributed by atoms with E-state index in [0.717, 1.165) is 38.0 Å². The Hall–Kier alpha value is -3.32. The Kier molecular flexibility index (Phi) is 6.52. The van der Waals surface area contributed by atoms with Gasteiger partial charge in [0.05, 0.1) is 25.1 Å². The van der Waals surface area contributed by atoms with Crippen LogP contribution in [0.25, 0.3) is 10.9 Å². The van der Waals surface area contributed by atoms with Gasteiger partial charge >= 0.3 is 6.01 Å². The van der Waals surface area contributed by atoms with Gasteiger partial charge in [-0.15, -0.1) is 0 Å². The molecule has 0 radical (unpaired) electrons. The minimum Gasteiger partial charge on any atom is -0.497 e. The molecule has 158 valence electrons. The first-order valence-corrected chi connectivity index (χ1v) is 10.4. The lowest BCUT2D eigenvalue weighted by molar-refractivity contribution is 0.262. The van der Waals surface area contributed by atoms with Crippen LogP contribution in [-0.2, 0) is 13.2 Å². The lowest BCUT2D eigenvalue weighted by Gasteiger charge is -2.12. The van der Waals surface area contributed by atoms with Crippen molar-refractivity contribution in [3.8, 4) is 23.4 Å². The van der Waals surface area contributed by atoms with Crippen molar-refractivity contribution in [2.75, 3.05) is 14.2 Å². The highest BCUT2D eigenvalue weighted by atomic mass is 79.9. The van der Waals surface area contributed by atoms with E-state index in [1.54, 1.807) is 14.2 Å². The average molecular weight is 481 g/mol. The maximum absolute atomic E-state index is 6.04. The summed E-state index contributed by atoms with van der Waals surface area (Å²) in [5.74, 6) is 2.07. The van der Waals surface area contributed by atoms with Crippen molar-refractivity contribution < 1.29 is 18.9 Å². The number of hydrogen-bond donors (Lipinski definition) is 0. The number of nitrogens with zero attached hydrogens (tertiary/aromatic N) is 2. The predicted octanol–water partition coefficient (Wildman–Crippen LogP) is 5.57. The first-order chi connectivity index (χ1) is 15.1. The Labute approximate surface area is 188 Å². The van der Waals surface area contributed by atoms with Gasteiger partial charge in [0.1, 0.15) is 24.7 Å². The van der Waals surface area contributed by atoms with Crippen molar-refractivity contribution in [2.45, 2.75) is 13.2 Å². The second kappa shape index (κ2) is 9.66. The molecule has 0 saturated heterocycles. The number of aromatic nitrogens is 2. The first-order valence-electron chi connectivity index (χ1n) is 9.63. The number of halogens is 1. The molecule has 4 rings (SSSR count). The topological polar surface area (TPSA) is 62.7 Å². The molecular weight excluding hydrogens is 460 g/mol. The zero-order valence-electron chi connectivity index (χ0n) is 17.2. The summed E-state index contributed by atoms with van der Waals surface area (Å²) < 4.78 is 23.2. The molecule has 0 aliphatic carbocycles. The highest BCUT2D eigenvalue weighted by Gasteiger charge is 2.11. The number of rotatable bonds is 8. The summed E-state index contributed by atoms with van der Waals surface area (Å²) in [6.07, 6.45) is 0. The molecule has 6 nitrogen and oxygen atoms in total. The molecule has 31 heavy (non-hydrogen) atoms. The molecule has 0 saturated carbocycles. The quantitative estimate of drug-likeness (QED) is 0.328. The van der Waals surface area contributed by atoms with Crippen LogP contribution in [0.5, 0.6) is 23.4 Å². The van der Waals surface area contributed by atoms with Crippen molar-refractivity contribution in [3.63, 3.8) is 0 Å². The number of fused-ring (bicyclic) bond motifs is 1. The summed E-state index contributed by atoms with van der Waals surface area (Å²) in [4.78, 5) is 9.05. The molecular formula is C24H21BrN2O4. The van der Waals surface area contributed by atoms with Crippen molar-refractivity contribution in [3.05, 3.63) is 82.3 Å². The fourth-order valence-corrected chi connectivity index (χ4v) is 3.32. The lowest BCUT2D eigenvalue weighted by atomic mass is 10.2. The van der Waals surface area contributed by atoms with Crippen molar-refractivity contribution in [1.82, 2.24) is 9.97 Å². The zero-order chi connectivity index (χ0) is 21.6. The standard InChI is InChI=1S/C24H21BrN2O4/c1-28-19-8-3-16(4-9-19)14-30-23-21-12-7-18(25)13-22(21)26-24(27-23)31-15-17-5-10-20(29-2)11-6-17/h3-13H,14-15H2,1-2H3. The minimum atomic E-state index is 0.256.